The minimum Gasteiger partial charge on any atom is -0.309 e. The van der Waals surface area contributed by atoms with Gasteiger partial charge in [-0.05, 0) is 43.1 Å². The van der Waals surface area contributed by atoms with Gasteiger partial charge in [-0.3, -0.25) is 0 Å². The lowest BCUT2D eigenvalue weighted by molar-refractivity contribution is 0.0896. The second-order valence-corrected chi connectivity index (χ2v) is 5.07. The van der Waals surface area contributed by atoms with E-state index in [4.69, 9.17) is 16.9 Å². The van der Waals surface area contributed by atoms with Gasteiger partial charge in [0.2, 0.25) is 0 Å². The Kier molecular flexibility index (Phi) is 4.33. The lowest BCUT2D eigenvalue weighted by Crippen LogP contribution is -2.23. The number of halogens is 3. The molecule has 19 heavy (non-hydrogen) atoms. The number of nitrogens with one attached hydrogen (secondary N) is 1. The molecule has 0 saturated carbocycles. The Balaban J connectivity index is 2.38. The van der Waals surface area contributed by atoms with Crippen LogP contribution in [0.1, 0.15) is 48.7 Å². The maximum Gasteiger partial charge on any atom is 0.364 e. The molecule has 6 heteroatoms. The van der Waals surface area contributed by atoms with Gasteiger partial charge in [0, 0.05) is 0 Å². The molecule has 1 fully saturated rings. The van der Waals surface area contributed by atoms with E-state index in [0.29, 0.717) is 11.3 Å². The van der Waals surface area contributed by atoms with E-state index >= 15 is 0 Å². The first-order chi connectivity index (χ1) is 9.02. The van der Waals surface area contributed by atoms with Gasteiger partial charge in [-0.25, -0.2) is 4.98 Å². The van der Waals surface area contributed by atoms with Gasteiger partial charge in [0.1, 0.15) is 11.8 Å². The predicted octanol–water partition coefficient (Wildman–Crippen LogP) is 3.45. The first-order valence-corrected chi connectivity index (χ1v) is 6.62. The predicted molar refractivity (Wildman–Crippen MR) is 67.9 cm³/mol. The molecule has 1 atom stereocenters. The van der Waals surface area contributed by atoms with Crippen molar-refractivity contribution in [3.05, 3.63) is 29.1 Å². The molecule has 0 spiro atoms. The van der Waals surface area contributed by atoms with E-state index < -0.39 is 11.1 Å². The van der Waals surface area contributed by atoms with Crippen molar-refractivity contribution >= 4 is 11.6 Å². The van der Waals surface area contributed by atoms with E-state index in [1.807, 2.05) is 6.07 Å². The van der Waals surface area contributed by atoms with Gasteiger partial charge in [0.25, 0.3) is 0 Å². The Morgan fingerprint density at radius 2 is 2.16 bits per heavy atom. The monoisotopic (exact) mass is 285 g/mol. The number of hydrogen-bond donors (Lipinski definition) is 1. The molecule has 102 valence electrons. The Morgan fingerprint density at radius 3 is 2.84 bits per heavy atom. The minimum absolute atomic E-state index is 0.156. The zero-order valence-corrected chi connectivity index (χ0v) is 11.1. The van der Waals surface area contributed by atoms with Crippen molar-refractivity contribution < 1.29 is 8.78 Å². The first kappa shape index (κ1) is 14.2. The lowest BCUT2D eigenvalue weighted by atomic mass is 10.0. The van der Waals surface area contributed by atoms with Crippen molar-refractivity contribution in [1.82, 2.24) is 10.3 Å². The summed E-state index contributed by atoms with van der Waals surface area (Å²) in [5.74, 6) is 0. The number of nitrogens with zero attached hydrogens (tertiary/aromatic N) is 2. The Morgan fingerprint density at radius 1 is 1.37 bits per heavy atom. The topological polar surface area (TPSA) is 48.7 Å². The summed E-state index contributed by atoms with van der Waals surface area (Å²) in [6.07, 6.45) is 3.92. The highest BCUT2D eigenvalue weighted by atomic mass is 35.5. The van der Waals surface area contributed by atoms with Crippen LogP contribution in [0.3, 0.4) is 0 Å². The molecule has 0 radical (unpaired) electrons. The molecular formula is C13H14ClF2N3. The van der Waals surface area contributed by atoms with E-state index in [2.05, 4.69) is 10.3 Å². The Labute approximate surface area is 115 Å². The number of rotatable bonds is 2. The highest BCUT2D eigenvalue weighted by Crippen LogP contribution is 2.33. The van der Waals surface area contributed by atoms with Crippen molar-refractivity contribution in [1.29, 1.82) is 5.26 Å². The SMILES string of the molecule is N#Cc1ccc(C(F)(F)Cl)nc1C1CCCCCN1. The maximum absolute atomic E-state index is 13.1. The molecule has 2 rings (SSSR count). The molecule has 0 aromatic carbocycles. The summed E-state index contributed by atoms with van der Waals surface area (Å²) in [7, 11) is 0. The summed E-state index contributed by atoms with van der Waals surface area (Å²) in [5.41, 5.74) is 0.195. The van der Waals surface area contributed by atoms with Gasteiger partial charge in [0.05, 0.1) is 17.3 Å². The molecule has 3 nitrogen and oxygen atoms in total. The van der Waals surface area contributed by atoms with Crippen LogP contribution in [0, 0.1) is 11.3 Å². The van der Waals surface area contributed by atoms with Crippen molar-refractivity contribution in [3.63, 3.8) is 0 Å². The van der Waals surface area contributed by atoms with Crippen molar-refractivity contribution in [2.24, 2.45) is 0 Å². The number of pyridine rings is 1. The Hall–Kier alpha value is -1.25. The summed E-state index contributed by atoms with van der Waals surface area (Å²) >= 11 is 5.00. The normalized spacial score (nSPS) is 20.6. The summed E-state index contributed by atoms with van der Waals surface area (Å²) in [4.78, 5) is 3.91. The van der Waals surface area contributed by atoms with Crippen molar-refractivity contribution in [2.75, 3.05) is 6.54 Å². The van der Waals surface area contributed by atoms with Crippen LogP contribution in [-0.4, -0.2) is 11.5 Å². The van der Waals surface area contributed by atoms with Gasteiger partial charge in [-0.2, -0.15) is 14.0 Å². The molecule has 0 aliphatic carbocycles. The second-order valence-electron chi connectivity index (χ2n) is 4.59. The van der Waals surface area contributed by atoms with E-state index in [1.54, 1.807) is 0 Å². The van der Waals surface area contributed by atoms with Crippen LogP contribution in [0.4, 0.5) is 8.78 Å². The van der Waals surface area contributed by atoms with Crippen LogP contribution in [0.2, 0.25) is 0 Å². The van der Waals surface area contributed by atoms with Gasteiger partial charge in [-0.1, -0.05) is 12.8 Å². The third-order valence-electron chi connectivity index (χ3n) is 3.23. The number of aromatic nitrogens is 1. The number of hydrogen-bond acceptors (Lipinski definition) is 3. The molecule has 1 aromatic rings. The van der Waals surface area contributed by atoms with Crippen LogP contribution in [0.15, 0.2) is 12.1 Å². The van der Waals surface area contributed by atoms with Crippen LogP contribution in [0.25, 0.3) is 0 Å². The second kappa shape index (κ2) is 5.81. The smallest absolute Gasteiger partial charge is 0.309 e. The van der Waals surface area contributed by atoms with Gasteiger partial charge in [-0.15, -0.1) is 0 Å². The molecule has 1 saturated heterocycles. The molecular weight excluding hydrogens is 272 g/mol. The van der Waals surface area contributed by atoms with Gasteiger partial charge in [0.15, 0.2) is 0 Å². The molecule has 1 aliphatic rings. The molecule has 1 N–H and O–H groups in total. The van der Waals surface area contributed by atoms with Crippen LogP contribution < -0.4 is 5.32 Å². The fraction of sp³-hybridized carbons (Fsp3) is 0.538. The van der Waals surface area contributed by atoms with E-state index in [0.717, 1.165) is 38.3 Å². The maximum atomic E-state index is 13.1. The first-order valence-electron chi connectivity index (χ1n) is 6.24. The molecule has 2 heterocycles. The standard InChI is InChI=1S/C13H14ClF2N3/c14-13(15,16)11-6-5-9(8-17)12(19-11)10-4-2-1-3-7-18-10/h5-6,10,18H,1-4,7H2. The molecule has 1 unspecified atom stereocenters. The summed E-state index contributed by atoms with van der Waals surface area (Å²) < 4.78 is 26.2. The van der Waals surface area contributed by atoms with Crippen LogP contribution >= 0.6 is 11.6 Å². The van der Waals surface area contributed by atoms with Crippen LogP contribution in [0.5, 0.6) is 0 Å². The van der Waals surface area contributed by atoms with E-state index in [9.17, 15) is 8.78 Å². The van der Waals surface area contributed by atoms with Crippen LogP contribution in [-0.2, 0) is 5.38 Å². The highest BCUT2D eigenvalue weighted by Gasteiger charge is 2.31. The summed E-state index contributed by atoms with van der Waals surface area (Å²) in [5, 5.41) is 8.82. The Bertz CT molecular complexity index is 486. The molecule has 1 aromatic heterocycles. The quantitative estimate of drug-likeness (QED) is 0.847. The minimum atomic E-state index is -3.51. The zero-order valence-electron chi connectivity index (χ0n) is 10.3. The third kappa shape index (κ3) is 3.40. The average Bonchev–Trinajstić information content (AvgIpc) is 2.65. The van der Waals surface area contributed by atoms with Crippen molar-refractivity contribution in [3.8, 4) is 6.07 Å². The molecule has 0 amide bonds. The van der Waals surface area contributed by atoms with Gasteiger partial charge >= 0.3 is 5.38 Å². The fourth-order valence-corrected chi connectivity index (χ4v) is 2.36. The summed E-state index contributed by atoms with van der Waals surface area (Å²) in [6, 6.07) is 4.31. The average molecular weight is 286 g/mol. The zero-order chi connectivity index (χ0) is 13.9. The largest absolute Gasteiger partial charge is 0.364 e. The highest BCUT2D eigenvalue weighted by molar-refractivity contribution is 6.21. The third-order valence-corrected chi connectivity index (χ3v) is 3.42. The number of alkyl halides is 3. The lowest BCUT2D eigenvalue weighted by Gasteiger charge is -2.18. The molecule has 1 aliphatic heterocycles. The fourth-order valence-electron chi connectivity index (χ4n) is 2.25. The summed E-state index contributed by atoms with van der Waals surface area (Å²) in [6.45, 7) is 0.804. The number of nitriles is 1. The van der Waals surface area contributed by atoms with E-state index in [1.165, 1.54) is 6.07 Å². The van der Waals surface area contributed by atoms with E-state index in [-0.39, 0.29) is 6.04 Å². The molecule has 0 bridgehead atoms. The van der Waals surface area contributed by atoms with Gasteiger partial charge < -0.3 is 5.32 Å². The van der Waals surface area contributed by atoms with Crippen molar-refractivity contribution in [2.45, 2.75) is 37.1 Å².